The van der Waals surface area contributed by atoms with Crippen LogP contribution in [-0.4, -0.2) is 43.6 Å². The van der Waals surface area contributed by atoms with Gasteiger partial charge >= 0.3 is 16.8 Å². The zero-order valence-corrected chi connectivity index (χ0v) is 21.5. The molecule has 0 bridgehead atoms. The van der Waals surface area contributed by atoms with Gasteiger partial charge in [-0.3, -0.25) is 9.98 Å². The molecule has 1 saturated heterocycles. The summed E-state index contributed by atoms with van der Waals surface area (Å²) >= 11 is 0. The molecule has 0 aliphatic carbocycles. The fourth-order valence-corrected chi connectivity index (χ4v) is 2.99. The van der Waals surface area contributed by atoms with E-state index in [-0.39, 0.29) is 31.6 Å². The Balaban J connectivity index is -0.000000577. The standard InChI is InChI=1S/C15H22N4.C8H16.2CH3.Co/c1-11(16-3)14-9-13(19-7-5-6-8-19)10-15(18-14)12(2)17-4;1-3-5-7-8-6-4-2;;;/h9-10H,5-8H2,1-4H3;3H,1,4-8H2,2H3;2*1H3;/q;;2*-1;+2. The third-order valence-electron chi connectivity index (χ3n) is 4.96. The maximum absolute atomic E-state index is 4.66. The molecule has 173 valence electrons. The number of anilines is 1. The molecule has 0 N–H and O–H groups in total. The molecule has 1 aliphatic rings. The summed E-state index contributed by atoms with van der Waals surface area (Å²) < 4.78 is 0. The molecular formula is C25H44CoN4. The Morgan fingerprint density at radius 2 is 1.50 bits per heavy atom. The summed E-state index contributed by atoms with van der Waals surface area (Å²) in [7, 11) is 3.61. The molecule has 0 aromatic carbocycles. The van der Waals surface area contributed by atoms with Crippen LogP contribution < -0.4 is 4.90 Å². The van der Waals surface area contributed by atoms with Crippen LogP contribution in [0.1, 0.15) is 77.1 Å². The van der Waals surface area contributed by atoms with Gasteiger partial charge in [-0.05, 0) is 51.7 Å². The van der Waals surface area contributed by atoms with E-state index >= 15 is 0 Å². The Bertz CT molecular complexity index is 596. The van der Waals surface area contributed by atoms with Crippen LogP contribution in [0.2, 0.25) is 0 Å². The van der Waals surface area contributed by atoms with Gasteiger partial charge in [0, 0.05) is 32.9 Å². The van der Waals surface area contributed by atoms with Gasteiger partial charge in [0.05, 0.1) is 22.8 Å². The van der Waals surface area contributed by atoms with Gasteiger partial charge in [-0.1, -0.05) is 32.3 Å². The largest absolute Gasteiger partial charge is 2.00 e. The average Bonchev–Trinajstić information content (AvgIpc) is 3.25. The van der Waals surface area contributed by atoms with Crippen molar-refractivity contribution in [2.24, 2.45) is 9.98 Å². The number of aromatic nitrogens is 1. The fraction of sp³-hybridized carbons (Fsp3) is 0.560. The first-order chi connectivity index (χ1) is 13.1. The van der Waals surface area contributed by atoms with Crippen LogP contribution >= 0.6 is 0 Å². The third kappa shape index (κ3) is 11.7. The van der Waals surface area contributed by atoms with Crippen molar-refractivity contribution in [3.63, 3.8) is 0 Å². The summed E-state index contributed by atoms with van der Waals surface area (Å²) in [6, 6.07) is 4.28. The summed E-state index contributed by atoms with van der Waals surface area (Å²) in [4.78, 5) is 15.6. The minimum absolute atomic E-state index is 0. The molecule has 1 aliphatic heterocycles. The molecule has 1 aromatic rings. The first-order valence-corrected chi connectivity index (χ1v) is 10.3. The molecular weight excluding hydrogens is 415 g/mol. The number of aliphatic imine (C=N–C) groups is 2. The van der Waals surface area contributed by atoms with E-state index in [1.54, 1.807) is 14.1 Å². The Kier molecular flexibility index (Phi) is 21.6. The van der Waals surface area contributed by atoms with E-state index in [9.17, 15) is 0 Å². The van der Waals surface area contributed by atoms with E-state index in [2.05, 4.69) is 45.5 Å². The van der Waals surface area contributed by atoms with E-state index in [1.807, 2.05) is 19.9 Å². The van der Waals surface area contributed by atoms with Crippen LogP contribution in [-0.2, 0) is 16.8 Å². The number of pyridine rings is 1. The van der Waals surface area contributed by atoms with Crippen molar-refractivity contribution >= 4 is 17.1 Å². The van der Waals surface area contributed by atoms with Crippen LogP contribution in [0.5, 0.6) is 0 Å². The smallest absolute Gasteiger partial charge is 0.371 e. The molecule has 2 rings (SSSR count). The monoisotopic (exact) mass is 459 g/mol. The Hall–Kier alpha value is -1.46. The molecule has 0 saturated carbocycles. The van der Waals surface area contributed by atoms with Crippen LogP contribution in [0.25, 0.3) is 0 Å². The predicted molar refractivity (Wildman–Crippen MR) is 134 cm³/mol. The van der Waals surface area contributed by atoms with Gasteiger partial charge in [0.25, 0.3) is 0 Å². The molecule has 1 fully saturated rings. The van der Waals surface area contributed by atoms with Gasteiger partial charge in [0.2, 0.25) is 0 Å². The van der Waals surface area contributed by atoms with Crippen LogP contribution in [0, 0.1) is 14.9 Å². The average molecular weight is 460 g/mol. The minimum Gasteiger partial charge on any atom is -0.371 e. The van der Waals surface area contributed by atoms with E-state index in [0.29, 0.717) is 0 Å². The van der Waals surface area contributed by atoms with Crippen molar-refractivity contribution in [3.8, 4) is 0 Å². The maximum atomic E-state index is 4.66. The predicted octanol–water partition coefficient (Wildman–Crippen LogP) is 6.60. The third-order valence-corrected chi connectivity index (χ3v) is 4.96. The Morgan fingerprint density at radius 3 is 1.90 bits per heavy atom. The Morgan fingerprint density at radius 1 is 1.00 bits per heavy atom. The van der Waals surface area contributed by atoms with Crippen molar-refractivity contribution in [2.45, 2.75) is 65.7 Å². The fourth-order valence-electron chi connectivity index (χ4n) is 2.99. The summed E-state index contributed by atoms with van der Waals surface area (Å²) in [6.07, 6.45) is 11.2. The SMILES string of the molecule is C=CCCCCCC.CN=C(C)c1cc(N2CCCC2)cc(C(C)=NC)n1.[CH3-].[CH3-].[Co+2]. The molecule has 0 spiro atoms. The molecule has 0 atom stereocenters. The van der Waals surface area contributed by atoms with E-state index < -0.39 is 0 Å². The molecule has 2 heterocycles. The summed E-state index contributed by atoms with van der Waals surface area (Å²) in [6.45, 7) is 12.1. The second-order valence-corrected chi connectivity index (χ2v) is 7.05. The summed E-state index contributed by atoms with van der Waals surface area (Å²) in [5.74, 6) is 0. The molecule has 5 heteroatoms. The van der Waals surface area contributed by atoms with Crippen molar-refractivity contribution in [1.82, 2.24) is 4.98 Å². The van der Waals surface area contributed by atoms with Crippen molar-refractivity contribution in [2.75, 3.05) is 32.1 Å². The number of nitrogens with zero attached hydrogens (tertiary/aromatic N) is 4. The second-order valence-electron chi connectivity index (χ2n) is 7.05. The molecule has 4 nitrogen and oxygen atoms in total. The molecule has 0 amide bonds. The number of hydrogen-bond acceptors (Lipinski definition) is 4. The molecule has 30 heavy (non-hydrogen) atoms. The van der Waals surface area contributed by atoms with Gasteiger partial charge in [-0.15, -0.1) is 6.58 Å². The zero-order chi connectivity index (χ0) is 20.1. The number of rotatable bonds is 8. The topological polar surface area (TPSA) is 40.9 Å². The van der Waals surface area contributed by atoms with Gasteiger partial charge in [0.1, 0.15) is 0 Å². The first kappa shape index (κ1) is 33.2. The second kappa shape index (κ2) is 19.5. The normalized spacial score (nSPS) is 13.3. The molecule has 1 radical (unpaired) electrons. The quantitative estimate of drug-likeness (QED) is 0.190. The summed E-state index contributed by atoms with van der Waals surface area (Å²) in [5, 5.41) is 0. The number of allylic oxidation sites excluding steroid dienone is 1. The van der Waals surface area contributed by atoms with E-state index in [4.69, 9.17) is 0 Å². The van der Waals surface area contributed by atoms with Gasteiger partial charge in [-0.25, -0.2) is 4.98 Å². The molecule has 1 aromatic heterocycles. The number of unbranched alkanes of at least 4 members (excludes halogenated alkanes) is 4. The first-order valence-electron chi connectivity index (χ1n) is 10.3. The van der Waals surface area contributed by atoms with E-state index in [1.165, 1.54) is 50.6 Å². The van der Waals surface area contributed by atoms with Crippen LogP contribution in [0.3, 0.4) is 0 Å². The van der Waals surface area contributed by atoms with Crippen molar-refractivity contribution < 1.29 is 16.8 Å². The zero-order valence-electron chi connectivity index (χ0n) is 20.4. The maximum Gasteiger partial charge on any atom is 2.00 e. The minimum atomic E-state index is 0. The van der Waals surface area contributed by atoms with Crippen molar-refractivity contribution in [3.05, 3.63) is 51.0 Å². The van der Waals surface area contributed by atoms with Crippen LogP contribution in [0.15, 0.2) is 34.8 Å². The van der Waals surface area contributed by atoms with Gasteiger partial charge in [-0.2, -0.15) is 0 Å². The Labute approximate surface area is 197 Å². The summed E-state index contributed by atoms with van der Waals surface area (Å²) in [5.41, 5.74) is 5.07. The van der Waals surface area contributed by atoms with Gasteiger partial charge < -0.3 is 19.8 Å². The van der Waals surface area contributed by atoms with Crippen molar-refractivity contribution in [1.29, 1.82) is 0 Å². The van der Waals surface area contributed by atoms with Gasteiger partial charge in [0.15, 0.2) is 0 Å². The van der Waals surface area contributed by atoms with Crippen LogP contribution in [0.4, 0.5) is 5.69 Å². The number of hydrogen-bond donors (Lipinski definition) is 0. The molecule has 0 unspecified atom stereocenters. The van der Waals surface area contributed by atoms with E-state index in [0.717, 1.165) is 35.9 Å².